The lowest BCUT2D eigenvalue weighted by Gasteiger charge is -2.10. The molecular formula is C15H14ClFN2O5S. The molecule has 0 heterocycles. The number of hydrogen-bond donors (Lipinski definition) is 2. The fourth-order valence-electron chi connectivity index (χ4n) is 1.73. The molecular weight excluding hydrogens is 375 g/mol. The highest BCUT2D eigenvalue weighted by atomic mass is 35.5. The SMILES string of the molecule is COc1ccc(OCC(=O)NNS(=O)(=O)c2ccc(Cl)cc2F)cc1. The van der Waals surface area contributed by atoms with Gasteiger partial charge in [-0.2, -0.15) is 0 Å². The van der Waals surface area contributed by atoms with E-state index in [0.29, 0.717) is 11.5 Å². The summed E-state index contributed by atoms with van der Waals surface area (Å²) in [5.74, 6) is -0.797. The summed E-state index contributed by atoms with van der Waals surface area (Å²) >= 11 is 5.56. The number of hydrogen-bond acceptors (Lipinski definition) is 5. The number of carbonyl (C=O) groups is 1. The van der Waals surface area contributed by atoms with E-state index in [-0.39, 0.29) is 5.02 Å². The number of rotatable bonds is 7. The van der Waals surface area contributed by atoms with Gasteiger partial charge in [-0.15, -0.1) is 4.83 Å². The maximum atomic E-state index is 13.7. The molecule has 1 amide bonds. The lowest BCUT2D eigenvalue weighted by Crippen LogP contribution is -2.43. The molecule has 2 N–H and O–H groups in total. The lowest BCUT2D eigenvalue weighted by atomic mass is 10.3. The van der Waals surface area contributed by atoms with Crippen LogP contribution in [0.5, 0.6) is 11.5 Å². The zero-order chi connectivity index (χ0) is 18.4. The third-order valence-corrected chi connectivity index (χ3v) is 4.45. The molecule has 0 atom stereocenters. The Bertz CT molecular complexity index is 859. The van der Waals surface area contributed by atoms with Crippen LogP contribution in [-0.2, 0) is 14.8 Å². The Morgan fingerprint density at radius 3 is 2.40 bits per heavy atom. The first kappa shape index (κ1) is 19.0. The van der Waals surface area contributed by atoms with Crippen molar-refractivity contribution >= 4 is 27.5 Å². The molecule has 7 nitrogen and oxygen atoms in total. The van der Waals surface area contributed by atoms with E-state index in [9.17, 15) is 17.6 Å². The van der Waals surface area contributed by atoms with Crippen LogP contribution in [0.15, 0.2) is 47.4 Å². The van der Waals surface area contributed by atoms with Gasteiger partial charge in [-0.05, 0) is 42.5 Å². The van der Waals surface area contributed by atoms with E-state index < -0.39 is 33.3 Å². The van der Waals surface area contributed by atoms with Crippen molar-refractivity contribution in [3.05, 3.63) is 53.3 Å². The summed E-state index contributed by atoms with van der Waals surface area (Å²) in [6.45, 7) is -0.446. The molecule has 0 aromatic heterocycles. The minimum absolute atomic E-state index is 0.0494. The second kappa shape index (κ2) is 8.15. The average Bonchev–Trinajstić information content (AvgIpc) is 2.58. The third kappa shape index (κ3) is 5.31. The molecule has 0 radical (unpaired) electrons. The lowest BCUT2D eigenvalue weighted by molar-refractivity contribution is -0.123. The molecule has 0 saturated carbocycles. The van der Waals surface area contributed by atoms with Crippen LogP contribution in [0.1, 0.15) is 0 Å². The minimum atomic E-state index is -4.28. The van der Waals surface area contributed by atoms with Gasteiger partial charge in [0.2, 0.25) is 0 Å². The highest BCUT2D eigenvalue weighted by Gasteiger charge is 2.20. The van der Waals surface area contributed by atoms with E-state index in [1.165, 1.54) is 13.2 Å². The smallest absolute Gasteiger partial charge is 0.272 e. The molecule has 134 valence electrons. The van der Waals surface area contributed by atoms with Gasteiger partial charge in [0.1, 0.15) is 22.2 Å². The molecule has 2 aromatic rings. The fraction of sp³-hybridized carbons (Fsp3) is 0.133. The zero-order valence-electron chi connectivity index (χ0n) is 13.0. The summed E-state index contributed by atoms with van der Waals surface area (Å²) in [5.41, 5.74) is 1.93. The van der Waals surface area contributed by atoms with Crippen molar-refractivity contribution in [2.24, 2.45) is 0 Å². The Labute approximate surface area is 148 Å². The normalized spacial score (nSPS) is 11.0. The van der Waals surface area contributed by atoms with E-state index >= 15 is 0 Å². The second-order valence-electron chi connectivity index (χ2n) is 4.69. The summed E-state index contributed by atoms with van der Waals surface area (Å²) in [7, 11) is -2.77. The monoisotopic (exact) mass is 388 g/mol. The summed E-state index contributed by atoms with van der Waals surface area (Å²) in [6, 6.07) is 9.50. The molecule has 0 bridgehead atoms. The summed E-state index contributed by atoms with van der Waals surface area (Å²) in [5, 5.41) is 0.0494. The van der Waals surface area contributed by atoms with Gasteiger partial charge in [0.05, 0.1) is 7.11 Å². The van der Waals surface area contributed by atoms with Gasteiger partial charge in [0, 0.05) is 5.02 Å². The van der Waals surface area contributed by atoms with Gasteiger partial charge in [0.15, 0.2) is 6.61 Å². The van der Waals surface area contributed by atoms with E-state index in [0.717, 1.165) is 12.1 Å². The predicted octanol–water partition coefficient (Wildman–Crippen LogP) is 1.88. The number of carbonyl (C=O) groups excluding carboxylic acids is 1. The topological polar surface area (TPSA) is 93.7 Å². The molecule has 0 unspecified atom stereocenters. The van der Waals surface area contributed by atoms with Crippen molar-refractivity contribution < 1.29 is 27.1 Å². The van der Waals surface area contributed by atoms with Crippen LogP contribution in [0.4, 0.5) is 4.39 Å². The fourth-order valence-corrected chi connectivity index (χ4v) is 2.81. The number of methoxy groups -OCH3 is 1. The molecule has 0 aliphatic rings. The first-order valence-electron chi connectivity index (χ1n) is 6.84. The van der Waals surface area contributed by atoms with Gasteiger partial charge in [-0.1, -0.05) is 11.6 Å². The molecule has 0 aliphatic carbocycles. The quantitative estimate of drug-likeness (QED) is 0.706. The highest BCUT2D eigenvalue weighted by molar-refractivity contribution is 7.89. The predicted molar refractivity (Wildman–Crippen MR) is 88.4 cm³/mol. The number of sulfonamides is 1. The van der Waals surface area contributed by atoms with Crippen molar-refractivity contribution in [1.82, 2.24) is 10.3 Å². The molecule has 0 fully saturated rings. The largest absolute Gasteiger partial charge is 0.497 e. The standard InChI is InChI=1S/C15H14ClFN2O5S/c1-23-11-3-5-12(6-4-11)24-9-15(20)18-19-25(21,22)14-7-2-10(16)8-13(14)17/h2-8,19H,9H2,1H3,(H,18,20). The number of halogens is 2. The van der Waals surface area contributed by atoms with Crippen molar-refractivity contribution in [3.63, 3.8) is 0 Å². The van der Waals surface area contributed by atoms with Crippen LogP contribution in [0.25, 0.3) is 0 Å². The van der Waals surface area contributed by atoms with Crippen molar-refractivity contribution in [2.75, 3.05) is 13.7 Å². The Morgan fingerprint density at radius 2 is 1.80 bits per heavy atom. The molecule has 10 heteroatoms. The number of nitrogens with one attached hydrogen (secondary N) is 2. The summed E-state index contributed by atoms with van der Waals surface area (Å²) in [6.07, 6.45) is 0. The maximum Gasteiger partial charge on any atom is 0.272 e. The Hall–Kier alpha value is -2.36. The Kier molecular flexibility index (Phi) is 6.18. The molecule has 0 saturated heterocycles. The van der Waals surface area contributed by atoms with Crippen molar-refractivity contribution in [2.45, 2.75) is 4.90 Å². The minimum Gasteiger partial charge on any atom is -0.497 e. The van der Waals surface area contributed by atoms with E-state index in [2.05, 4.69) is 0 Å². The van der Waals surface area contributed by atoms with E-state index in [1.54, 1.807) is 29.1 Å². The van der Waals surface area contributed by atoms with Crippen LogP contribution in [-0.4, -0.2) is 28.0 Å². The number of ether oxygens (including phenoxy) is 2. The average molecular weight is 389 g/mol. The van der Waals surface area contributed by atoms with Crippen molar-refractivity contribution in [1.29, 1.82) is 0 Å². The van der Waals surface area contributed by atoms with Gasteiger partial charge in [-0.3, -0.25) is 10.2 Å². The Balaban J connectivity index is 1.90. The van der Waals surface area contributed by atoms with Crippen LogP contribution >= 0.6 is 11.6 Å². The van der Waals surface area contributed by atoms with Crippen LogP contribution < -0.4 is 19.7 Å². The van der Waals surface area contributed by atoms with Crippen LogP contribution in [0.2, 0.25) is 5.02 Å². The summed E-state index contributed by atoms with van der Waals surface area (Å²) < 4.78 is 47.7. The van der Waals surface area contributed by atoms with Gasteiger partial charge in [0.25, 0.3) is 15.9 Å². The van der Waals surface area contributed by atoms with Gasteiger partial charge >= 0.3 is 0 Å². The van der Waals surface area contributed by atoms with Crippen molar-refractivity contribution in [3.8, 4) is 11.5 Å². The Morgan fingerprint density at radius 1 is 1.16 bits per heavy atom. The summed E-state index contributed by atoms with van der Waals surface area (Å²) in [4.78, 5) is 12.8. The maximum absolute atomic E-state index is 13.7. The molecule has 2 aromatic carbocycles. The molecule has 25 heavy (non-hydrogen) atoms. The number of benzene rings is 2. The first-order chi connectivity index (χ1) is 11.8. The number of amides is 1. The van der Waals surface area contributed by atoms with Gasteiger partial charge < -0.3 is 9.47 Å². The highest BCUT2D eigenvalue weighted by Crippen LogP contribution is 2.18. The van der Waals surface area contributed by atoms with E-state index in [1.807, 2.05) is 5.43 Å². The molecule has 0 aliphatic heterocycles. The first-order valence-corrected chi connectivity index (χ1v) is 8.70. The molecule has 0 spiro atoms. The van der Waals surface area contributed by atoms with Gasteiger partial charge in [-0.25, -0.2) is 12.8 Å². The number of hydrazine groups is 1. The second-order valence-corrected chi connectivity index (χ2v) is 6.78. The third-order valence-electron chi connectivity index (χ3n) is 2.94. The van der Waals surface area contributed by atoms with E-state index in [4.69, 9.17) is 21.1 Å². The van der Waals surface area contributed by atoms with Crippen LogP contribution in [0, 0.1) is 5.82 Å². The molecule has 2 rings (SSSR count). The zero-order valence-corrected chi connectivity index (χ0v) is 14.5. The van der Waals surface area contributed by atoms with Crippen LogP contribution in [0.3, 0.4) is 0 Å².